The number of ether oxygens (including phenoxy) is 1. The highest BCUT2D eigenvalue weighted by Gasteiger charge is 2.13. The summed E-state index contributed by atoms with van der Waals surface area (Å²) in [5, 5.41) is 12.7. The van der Waals surface area contributed by atoms with Crippen molar-refractivity contribution < 1.29 is 4.74 Å². The maximum atomic E-state index is 9.42. The zero-order valence-electron chi connectivity index (χ0n) is 12.0. The van der Waals surface area contributed by atoms with Crippen molar-refractivity contribution in [3.8, 4) is 11.8 Å². The van der Waals surface area contributed by atoms with Crippen molar-refractivity contribution in [2.24, 2.45) is 0 Å². The first-order valence-electron chi connectivity index (χ1n) is 6.52. The topological polar surface area (TPSA) is 45.0 Å². The molecule has 2 aromatic carbocycles. The second kappa shape index (κ2) is 6.12. The molecule has 0 aliphatic carbocycles. The van der Waals surface area contributed by atoms with E-state index in [9.17, 15) is 5.26 Å². The van der Waals surface area contributed by atoms with E-state index in [0.717, 1.165) is 22.6 Å². The van der Waals surface area contributed by atoms with Gasteiger partial charge in [0.25, 0.3) is 0 Å². The molecule has 0 bridgehead atoms. The van der Waals surface area contributed by atoms with E-state index in [1.165, 1.54) is 5.56 Å². The number of anilines is 1. The molecule has 3 nitrogen and oxygen atoms in total. The predicted octanol–water partition coefficient (Wildman–Crippen LogP) is 3.99. The van der Waals surface area contributed by atoms with Gasteiger partial charge in [-0.05, 0) is 54.8 Å². The van der Waals surface area contributed by atoms with Gasteiger partial charge < -0.3 is 10.1 Å². The van der Waals surface area contributed by atoms with Crippen LogP contribution in [-0.4, -0.2) is 7.11 Å². The van der Waals surface area contributed by atoms with Crippen LogP contribution in [0.15, 0.2) is 42.5 Å². The van der Waals surface area contributed by atoms with E-state index in [1.54, 1.807) is 7.11 Å². The Kier molecular flexibility index (Phi) is 4.27. The molecule has 2 aromatic rings. The van der Waals surface area contributed by atoms with Gasteiger partial charge in [-0.1, -0.05) is 18.2 Å². The van der Waals surface area contributed by atoms with Gasteiger partial charge in [0.1, 0.15) is 11.8 Å². The molecule has 0 amide bonds. The summed E-state index contributed by atoms with van der Waals surface area (Å²) >= 11 is 0. The van der Waals surface area contributed by atoms with Gasteiger partial charge >= 0.3 is 0 Å². The minimum Gasteiger partial charge on any atom is -0.497 e. The van der Waals surface area contributed by atoms with Crippen LogP contribution in [0.2, 0.25) is 0 Å². The predicted molar refractivity (Wildman–Crippen MR) is 80.9 cm³/mol. The Balaban J connectivity index is 2.24. The zero-order valence-corrected chi connectivity index (χ0v) is 12.0. The van der Waals surface area contributed by atoms with Gasteiger partial charge in [0.15, 0.2) is 0 Å². The van der Waals surface area contributed by atoms with Crippen molar-refractivity contribution in [3.63, 3.8) is 0 Å². The normalized spacial score (nSPS) is 11.5. The average Bonchev–Trinajstić information content (AvgIpc) is 2.48. The molecule has 20 heavy (non-hydrogen) atoms. The van der Waals surface area contributed by atoms with Crippen LogP contribution >= 0.6 is 0 Å². The Bertz CT molecular complexity index is 626. The van der Waals surface area contributed by atoms with Crippen LogP contribution in [0.4, 0.5) is 5.69 Å². The number of hydrogen-bond donors (Lipinski definition) is 1. The lowest BCUT2D eigenvalue weighted by molar-refractivity contribution is 0.415. The molecule has 1 N–H and O–H groups in total. The first-order valence-corrected chi connectivity index (χ1v) is 6.52. The second-order valence-electron chi connectivity index (χ2n) is 4.72. The molecule has 3 heteroatoms. The molecular weight excluding hydrogens is 248 g/mol. The largest absolute Gasteiger partial charge is 0.497 e. The molecule has 0 spiro atoms. The minimum absolute atomic E-state index is 0.358. The first kappa shape index (κ1) is 14.0. The summed E-state index contributed by atoms with van der Waals surface area (Å²) in [6, 6.07) is 15.6. The lowest BCUT2D eigenvalue weighted by Crippen LogP contribution is -2.10. The number of nitriles is 1. The van der Waals surface area contributed by atoms with Gasteiger partial charge in [-0.2, -0.15) is 5.26 Å². The summed E-state index contributed by atoms with van der Waals surface area (Å²) in [5.74, 6) is 0.802. The highest BCUT2D eigenvalue weighted by molar-refractivity contribution is 5.51. The maximum absolute atomic E-state index is 9.42. The number of rotatable bonds is 4. The smallest absolute Gasteiger partial charge is 0.140 e. The van der Waals surface area contributed by atoms with Crippen LogP contribution in [-0.2, 0) is 0 Å². The van der Waals surface area contributed by atoms with Crippen LogP contribution in [0.3, 0.4) is 0 Å². The van der Waals surface area contributed by atoms with E-state index < -0.39 is 0 Å². The number of hydrogen-bond acceptors (Lipinski definition) is 3. The van der Waals surface area contributed by atoms with Crippen molar-refractivity contribution in [3.05, 3.63) is 59.2 Å². The summed E-state index contributed by atoms with van der Waals surface area (Å²) in [7, 11) is 1.64. The van der Waals surface area contributed by atoms with E-state index >= 15 is 0 Å². The van der Waals surface area contributed by atoms with E-state index in [-0.39, 0.29) is 6.04 Å². The molecule has 0 radical (unpaired) electrons. The molecule has 0 aliphatic rings. The number of nitrogens with one attached hydrogen (secondary N) is 1. The molecule has 2 rings (SSSR count). The maximum Gasteiger partial charge on any atom is 0.140 e. The third-order valence-corrected chi connectivity index (χ3v) is 3.49. The monoisotopic (exact) mass is 266 g/mol. The van der Waals surface area contributed by atoms with Crippen LogP contribution in [0.5, 0.6) is 5.75 Å². The van der Waals surface area contributed by atoms with Crippen LogP contribution in [0, 0.1) is 25.2 Å². The molecular formula is C17H18N2O. The van der Waals surface area contributed by atoms with Gasteiger partial charge in [-0.25, -0.2) is 0 Å². The van der Waals surface area contributed by atoms with Crippen molar-refractivity contribution >= 4 is 5.69 Å². The third kappa shape index (κ3) is 2.92. The van der Waals surface area contributed by atoms with E-state index in [2.05, 4.69) is 24.4 Å². The molecule has 0 heterocycles. The van der Waals surface area contributed by atoms with E-state index in [1.807, 2.05) is 43.3 Å². The number of methoxy groups -OCH3 is 1. The van der Waals surface area contributed by atoms with Crippen molar-refractivity contribution in [2.75, 3.05) is 12.4 Å². The summed E-state index contributed by atoms with van der Waals surface area (Å²) in [5.41, 5.74) is 4.26. The van der Waals surface area contributed by atoms with Gasteiger partial charge in [0.2, 0.25) is 0 Å². The Morgan fingerprint density at radius 1 is 1.10 bits per heavy atom. The fraction of sp³-hybridized carbons (Fsp3) is 0.235. The Hall–Kier alpha value is -2.47. The molecule has 0 fully saturated rings. The zero-order chi connectivity index (χ0) is 14.5. The molecule has 1 unspecified atom stereocenters. The van der Waals surface area contributed by atoms with Gasteiger partial charge in [0, 0.05) is 5.69 Å². The van der Waals surface area contributed by atoms with Crippen LogP contribution < -0.4 is 10.1 Å². The van der Waals surface area contributed by atoms with E-state index in [0.29, 0.717) is 0 Å². The van der Waals surface area contributed by atoms with Gasteiger partial charge in [-0.15, -0.1) is 0 Å². The first-order chi connectivity index (χ1) is 9.65. The Morgan fingerprint density at radius 2 is 1.80 bits per heavy atom. The van der Waals surface area contributed by atoms with Gasteiger partial charge in [-0.3, -0.25) is 0 Å². The van der Waals surface area contributed by atoms with E-state index in [4.69, 9.17) is 4.74 Å². The van der Waals surface area contributed by atoms with Crippen LogP contribution in [0.1, 0.15) is 22.7 Å². The van der Waals surface area contributed by atoms with Gasteiger partial charge in [0.05, 0.1) is 13.2 Å². The molecule has 1 atom stereocenters. The molecule has 102 valence electrons. The summed E-state index contributed by atoms with van der Waals surface area (Å²) < 4.78 is 5.13. The SMILES string of the molecule is COc1ccc(NC(C#N)c2cccc(C)c2C)cc1. The van der Waals surface area contributed by atoms with Crippen LogP contribution in [0.25, 0.3) is 0 Å². The van der Waals surface area contributed by atoms with Crippen molar-refractivity contribution in [1.29, 1.82) is 5.26 Å². The number of nitrogens with zero attached hydrogens (tertiary/aromatic N) is 1. The fourth-order valence-corrected chi connectivity index (χ4v) is 2.12. The Morgan fingerprint density at radius 3 is 2.40 bits per heavy atom. The number of aryl methyl sites for hydroxylation is 1. The van der Waals surface area contributed by atoms with Crippen molar-refractivity contribution in [1.82, 2.24) is 0 Å². The highest BCUT2D eigenvalue weighted by atomic mass is 16.5. The average molecular weight is 266 g/mol. The summed E-state index contributed by atoms with van der Waals surface area (Å²) in [6.07, 6.45) is 0. The lowest BCUT2D eigenvalue weighted by Gasteiger charge is -2.17. The fourth-order valence-electron chi connectivity index (χ4n) is 2.12. The molecule has 0 aliphatic heterocycles. The molecule has 0 saturated carbocycles. The second-order valence-corrected chi connectivity index (χ2v) is 4.72. The molecule has 0 aromatic heterocycles. The summed E-state index contributed by atoms with van der Waals surface area (Å²) in [6.45, 7) is 4.10. The minimum atomic E-state index is -0.358. The highest BCUT2D eigenvalue weighted by Crippen LogP contribution is 2.25. The molecule has 0 saturated heterocycles. The standard InChI is InChI=1S/C17H18N2O/c1-12-5-4-6-16(13(12)2)17(11-18)19-14-7-9-15(20-3)10-8-14/h4-10,17,19H,1-3H3. The Labute approximate surface area is 119 Å². The third-order valence-electron chi connectivity index (χ3n) is 3.49. The lowest BCUT2D eigenvalue weighted by atomic mass is 9.98. The summed E-state index contributed by atoms with van der Waals surface area (Å²) in [4.78, 5) is 0. The quantitative estimate of drug-likeness (QED) is 0.910. The van der Waals surface area contributed by atoms with Crippen molar-refractivity contribution in [2.45, 2.75) is 19.9 Å². The number of benzene rings is 2.